The highest BCUT2D eigenvalue weighted by atomic mass is 19.1. The van der Waals surface area contributed by atoms with E-state index >= 15 is 0 Å². The number of carbonyl (C=O) groups excluding carboxylic acids is 1. The number of halogens is 1. The Kier molecular flexibility index (Phi) is 7.70. The number of hydrogen-bond donors (Lipinski definition) is 2. The lowest BCUT2D eigenvalue weighted by Crippen LogP contribution is -2.42. The lowest BCUT2D eigenvalue weighted by molar-refractivity contribution is -0.140. The summed E-state index contributed by atoms with van der Waals surface area (Å²) < 4.78 is 19.1. The number of pyridine rings is 1. The van der Waals surface area contributed by atoms with E-state index in [0.717, 1.165) is 44.6 Å². The van der Waals surface area contributed by atoms with Crippen molar-refractivity contribution < 1.29 is 23.8 Å². The number of aliphatic carboxylic acids is 1. The number of rotatable bonds is 10. The smallest absolute Gasteiger partial charge is 0.326 e. The molecule has 0 bridgehead atoms. The van der Waals surface area contributed by atoms with Crippen LogP contribution in [0, 0.1) is 11.7 Å². The fourth-order valence-corrected chi connectivity index (χ4v) is 4.65. The SMILES string of the molecule is O=C(NC(CCOC1CC(CCc2ccc3c(n2)CCCC3)C1)C(=O)O)c1cccc(F)c1. The molecular weight excluding hydrogens is 423 g/mol. The Bertz CT molecular complexity index is 990. The number of carboxylic acid groups (broad SMARTS) is 1. The number of carboxylic acids is 1. The van der Waals surface area contributed by atoms with Crippen LogP contribution in [0.1, 0.15) is 65.8 Å². The van der Waals surface area contributed by atoms with Crippen LogP contribution in [0.25, 0.3) is 0 Å². The van der Waals surface area contributed by atoms with Crippen LogP contribution in [-0.4, -0.2) is 40.7 Å². The molecule has 0 radical (unpaired) electrons. The molecule has 1 unspecified atom stereocenters. The number of aromatic nitrogens is 1. The van der Waals surface area contributed by atoms with Gasteiger partial charge in [-0.2, -0.15) is 0 Å². The minimum atomic E-state index is -1.13. The second-order valence-corrected chi connectivity index (χ2v) is 9.15. The number of amides is 1. The second-order valence-electron chi connectivity index (χ2n) is 9.15. The molecule has 2 aromatic rings. The minimum absolute atomic E-state index is 0.0948. The highest BCUT2D eigenvalue weighted by molar-refractivity contribution is 5.96. The van der Waals surface area contributed by atoms with Crippen LogP contribution in [0.15, 0.2) is 36.4 Å². The summed E-state index contributed by atoms with van der Waals surface area (Å²) in [5.41, 5.74) is 3.97. The van der Waals surface area contributed by atoms with Gasteiger partial charge in [-0.1, -0.05) is 12.1 Å². The normalized spacial score (nSPS) is 20.4. The molecule has 0 aliphatic heterocycles. The van der Waals surface area contributed by atoms with Gasteiger partial charge in [-0.3, -0.25) is 9.78 Å². The van der Waals surface area contributed by atoms with Gasteiger partial charge in [-0.05, 0) is 87.1 Å². The van der Waals surface area contributed by atoms with Crippen molar-refractivity contribution in [3.8, 4) is 0 Å². The predicted molar refractivity (Wildman–Crippen MR) is 122 cm³/mol. The topological polar surface area (TPSA) is 88.5 Å². The van der Waals surface area contributed by atoms with Crippen molar-refractivity contribution in [3.05, 3.63) is 64.7 Å². The zero-order valence-corrected chi connectivity index (χ0v) is 18.8. The maximum absolute atomic E-state index is 13.3. The van der Waals surface area contributed by atoms with Gasteiger partial charge in [0, 0.05) is 30.0 Å². The monoisotopic (exact) mass is 454 g/mol. The van der Waals surface area contributed by atoms with Gasteiger partial charge in [0.1, 0.15) is 11.9 Å². The van der Waals surface area contributed by atoms with Gasteiger partial charge in [0.25, 0.3) is 5.91 Å². The largest absolute Gasteiger partial charge is 0.480 e. The number of nitrogens with zero attached hydrogens (tertiary/aromatic N) is 1. The average Bonchev–Trinajstić information content (AvgIpc) is 2.78. The summed E-state index contributed by atoms with van der Waals surface area (Å²) in [6.07, 6.45) is 9.08. The van der Waals surface area contributed by atoms with Gasteiger partial charge in [0.2, 0.25) is 0 Å². The summed E-state index contributed by atoms with van der Waals surface area (Å²) >= 11 is 0. The van der Waals surface area contributed by atoms with Gasteiger partial charge >= 0.3 is 5.97 Å². The Morgan fingerprint density at radius 3 is 2.79 bits per heavy atom. The number of hydrogen-bond acceptors (Lipinski definition) is 4. The first-order valence-electron chi connectivity index (χ1n) is 11.9. The maximum atomic E-state index is 13.3. The molecule has 1 heterocycles. The van der Waals surface area contributed by atoms with Gasteiger partial charge in [-0.25, -0.2) is 9.18 Å². The lowest BCUT2D eigenvalue weighted by Gasteiger charge is -2.35. The van der Waals surface area contributed by atoms with E-state index in [2.05, 4.69) is 17.4 Å². The lowest BCUT2D eigenvalue weighted by atomic mass is 9.79. The number of aryl methyl sites for hydroxylation is 3. The number of nitrogens with one attached hydrogen (secondary N) is 1. The third-order valence-electron chi connectivity index (χ3n) is 6.69. The molecule has 1 fully saturated rings. The van der Waals surface area contributed by atoms with E-state index in [1.54, 1.807) is 0 Å². The molecule has 33 heavy (non-hydrogen) atoms. The molecule has 1 atom stereocenters. The summed E-state index contributed by atoms with van der Waals surface area (Å²) in [7, 11) is 0. The molecule has 2 aliphatic carbocycles. The van der Waals surface area contributed by atoms with Crippen LogP contribution >= 0.6 is 0 Å². The minimum Gasteiger partial charge on any atom is -0.480 e. The third kappa shape index (κ3) is 6.38. The van der Waals surface area contributed by atoms with Crippen molar-refractivity contribution in [3.63, 3.8) is 0 Å². The Labute approximate surface area is 193 Å². The van der Waals surface area contributed by atoms with Crippen LogP contribution in [0.2, 0.25) is 0 Å². The third-order valence-corrected chi connectivity index (χ3v) is 6.69. The molecule has 0 spiro atoms. The molecule has 1 aromatic heterocycles. The zero-order valence-electron chi connectivity index (χ0n) is 18.8. The molecule has 7 heteroatoms. The molecule has 2 N–H and O–H groups in total. The standard InChI is InChI=1S/C26H31FN2O4/c27-20-6-3-5-19(16-20)25(30)29-24(26(31)32)12-13-33-22-14-17(15-22)8-10-21-11-9-18-4-1-2-7-23(18)28-21/h3,5-6,9,11,16-17,22,24H,1-2,4,7-8,10,12-15H2,(H,29,30)(H,31,32). The van der Waals surface area contributed by atoms with Crippen molar-refractivity contribution in [1.29, 1.82) is 0 Å². The van der Waals surface area contributed by atoms with Crippen molar-refractivity contribution in [2.24, 2.45) is 5.92 Å². The quantitative estimate of drug-likeness (QED) is 0.564. The van der Waals surface area contributed by atoms with E-state index in [9.17, 15) is 19.1 Å². The summed E-state index contributed by atoms with van der Waals surface area (Å²) in [5.74, 6) is -1.68. The van der Waals surface area contributed by atoms with Crippen molar-refractivity contribution in [1.82, 2.24) is 10.3 Å². The second kappa shape index (κ2) is 10.9. The number of carbonyl (C=O) groups is 2. The summed E-state index contributed by atoms with van der Waals surface area (Å²) in [5, 5.41) is 11.9. The van der Waals surface area contributed by atoms with Gasteiger partial charge < -0.3 is 15.2 Å². The van der Waals surface area contributed by atoms with Crippen LogP contribution in [0.4, 0.5) is 4.39 Å². The predicted octanol–water partition coefficient (Wildman–Crippen LogP) is 4.10. The van der Waals surface area contributed by atoms with Gasteiger partial charge in [0.15, 0.2) is 0 Å². The number of ether oxygens (including phenoxy) is 1. The fraction of sp³-hybridized carbons (Fsp3) is 0.500. The van der Waals surface area contributed by atoms with Gasteiger partial charge in [0.05, 0.1) is 6.10 Å². The molecule has 2 aliphatic rings. The highest BCUT2D eigenvalue weighted by Gasteiger charge is 2.30. The van der Waals surface area contributed by atoms with Crippen LogP contribution < -0.4 is 5.32 Å². The molecule has 1 amide bonds. The van der Waals surface area contributed by atoms with E-state index in [0.29, 0.717) is 5.92 Å². The first kappa shape index (κ1) is 23.4. The van der Waals surface area contributed by atoms with Crippen LogP contribution in [0.3, 0.4) is 0 Å². The van der Waals surface area contributed by atoms with Gasteiger partial charge in [-0.15, -0.1) is 0 Å². The first-order valence-corrected chi connectivity index (χ1v) is 11.9. The highest BCUT2D eigenvalue weighted by Crippen LogP contribution is 2.34. The first-order chi connectivity index (χ1) is 16.0. The van der Waals surface area contributed by atoms with E-state index in [4.69, 9.17) is 9.72 Å². The molecule has 6 nitrogen and oxygen atoms in total. The Morgan fingerprint density at radius 2 is 2.00 bits per heavy atom. The van der Waals surface area contributed by atoms with Crippen molar-refractivity contribution in [2.45, 2.75) is 69.9 Å². The van der Waals surface area contributed by atoms with Crippen molar-refractivity contribution in [2.75, 3.05) is 6.61 Å². The zero-order chi connectivity index (χ0) is 23.2. The molecule has 176 valence electrons. The maximum Gasteiger partial charge on any atom is 0.326 e. The van der Waals surface area contributed by atoms with Crippen LogP contribution in [0.5, 0.6) is 0 Å². The van der Waals surface area contributed by atoms with Crippen LogP contribution in [-0.2, 0) is 28.8 Å². The summed E-state index contributed by atoms with van der Waals surface area (Å²) in [6, 6.07) is 8.51. The molecular formula is C26H31FN2O4. The van der Waals surface area contributed by atoms with E-state index in [1.165, 1.54) is 48.0 Å². The average molecular weight is 455 g/mol. The van der Waals surface area contributed by atoms with E-state index < -0.39 is 23.7 Å². The Hall–Kier alpha value is -2.80. The molecule has 1 aromatic carbocycles. The molecule has 4 rings (SSSR count). The number of benzene rings is 1. The number of fused-ring (bicyclic) bond motifs is 1. The Balaban J connectivity index is 1.14. The molecule has 1 saturated carbocycles. The van der Waals surface area contributed by atoms with Crippen molar-refractivity contribution >= 4 is 11.9 Å². The fourth-order valence-electron chi connectivity index (χ4n) is 4.65. The molecule has 0 saturated heterocycles. The summed E-state index contributed by atoms with van der Waals surface area (Å²) in [6.45, 7) is 0.254. The van der Waals surface area contributed by atoms with E-state index in [1.807, 2.05) is 0 Å². The summed E-state index contributed by atoms with van der Waals surface area (Å²) in [4.78, 5) is 28.6. The Morgan fingerprint density at radius 1 is 1.18 bits per heavy atom. The van der Waals surface area contributed by atoms with E-state index in [-0.39, 0.29) is 24.7 Å².